The van der Waals surface area contributed by atoms with Gasteiger partial charge in [0.15, 0.2) is 0 Å². The van der Waals surface area contributed by atoms with Crippen molar-refractivity contribution >= 4 is 5.91 Å². The molecule has 2 aliphatic heterocycles. The second kappa shape index (κ2) is 4.12. The number of likely N-dealkylation sites (tertiary alicyclic amines) is 1. The van der Waals surface area contributed by atoms with Gasteiger partial charge in [-0.05, 0) is 37.8 Å². The van der Waals surface area contributed by atoms with Crippen LogP contribution in [-0.4, -0.2) is 36.5 Å². The number of carbonyl (C=O) groups is 1. The van der Waals surface area contributed by atoms with E-state index in [1.165, 1.54) is 0 Å². The Bertz CT molecular complexity index is 244. The molecule has 2 fully saturated rings. The van der Waals surface area contributed by atoms with E-state index in [0.29, 0.717) is 11.9 Å². The zero-order valence-corrected chi connectivity index (χ0v) is 9.88. The van der Waals surface area contributed by atoms with Gasteiger partial charge in [0.2, 0.25) is 5.91 Å². The van der Waals surface area contributed by atoms with Crippen LogP contribution in [0.4, 0.5) is 0 Å². The van der Waals surface area contributed by atoms with Crippen LogP contribution in [0.2, 0.25) is 0 Å². The minimum atomic E-state index is 0.223. The highest BCUT2D eigenvalue weighted by Gasteiger charge is 2.34. The van der Waals surface area contributed by atoms with Crippen molar-refractivity contribution in [2.24, 2.45) is 5.41 Å². The Labute approximate surface area is 92.2 Å². The summed E-state index contributed by atoms with van der Waals surface area (Å²) in [5.74, 6) is 0.373. The molecule has 0 spiro atoms. The Morgan fingerprint density at radius 2 is 2.00 bits per heavy atom. The molecule has 0 aliphatic carbocycles. The van der Waals surface area contributed by atoms with E-state index in [0.717, 1.165) is 45.3 Å². The van der Waals surface area contributed by atoms with Crippen molar-refractivity contribution in [3.63, 3.8) is 0 Å². The van der Waals surface area contributed by atoms with E-state index in [1.807, 2.05) is 0 Å². The third-order valence-corrected chi connectivity index (χ3v) is 3.73. The van der Waals surface area contributed by atoms with Crippen LogP contribution in [-0.2, 0) is 4.79 Å². The van der Waals surface area contributed by atoms with E-state index in [9.17, 15) is 4.79 Å². The molecule has 0 aromatic carbocycles. The van der Waals surface area contributed by atoms with Gasteiger partial charge in [-0.25, -0.2) is 0 Å². The Hall–Kier alpha value is -0.570. The molecule has 0 bridgehead atoms. The lowest BCUT2D eigenvalue weighted by Crippen LogP contribution is -2.50. The first kappa shape index (κ1) is 10.9. The lowest BCUT2D eigenvalue weighted by molar-refractivity contribution is -0.140. The monoisotopic (exact) mass is 210 g/mol. The van der Waals surface area contributed by atoms with E-state index in [1.54, 1.807) is 0 Å². The standard InChI is InChI=1S/C12H22N2O/c1-12(2)5-8-14(11(15)9-12)10-3-6-13-7-4-10/h10,13H,3-9H2,1-2H3. The summed E-state index contributed by atoms with van der Waals surface area (Å²) in [5.41, 5.74) is 0.223. The molecule has 86 valence electrons. The quantitative estimate of drug-likeness (QED) is 0.709. The van der Waals surface area contributed by atoms with Crippen LogP contribution < -0.4 is 5.32 Å². The molecule has 3 nitrogen and oxygen atoms in total. The molecular weight excluding hydrogens is 188 g/mol. The maximum atomic E-state index is 12.0. The minimum Gasteiger partial charge on any atom is -0.340 e. The number of rotatable bonds is 1. The maximum absolute atomic E-state index is 12.0. The fourth-order valence-electron chi connectivity index (χ4n) is 2.65. The number of hydrogen-bond donors (Lipinski definition) is 1. The number of nitrogens with one attached hydrogen (secondary N) is 1. The smallest absolute Gasteiger partial charge is 0.223 e. The van der Waals surface area contributed by atoms with Gasteiger partial charge in [-0.15, -0.1) is 0 Å². The fraction of sp³-hybridized carbons (Fsp3) is 0.917. The van der Waals surface area contributed by atoms with Crippen molar-refractivity contribution in [2.45, 2.75) is 45.6 Å². The molecule has 1 amide bonds. The SMILES string of the molecule is CC1(C)CCN(C2CCNCC2)C(=O)C1. The predicted octanol–water partition coefficient (Wildman–Crippen LogP) is 1.39. The molecule has 15 heavy (non-hydrogen) atoms. The highest BCUT2D eigenvalue weighted by molar-refractivity contribution is 5.78. The van der Waals surface area contributed by atoms with Gasteiger partial charge in [0.05, 0.1) is 0 Å². The summed E-state index contributed by atoms with van der Waals surface area (Å²) in [7, 11) is 0. The Balaban J connectivity index is 1.96. The number of hydrogen-bond acceptors (Lipinski definition) is 2. The first-order valence-electron chi connectivity index (χ1n) is 6.09. The number of nitrogens with zero attached hydrogens (tertiary/aromatic N) is 1. The zero-order valence-electron chi connectivity index (χ0n) is 9.88. The summed E-state index contributed by atoms with van der Waals surface area (Å²) < 4.78 is 0. The van der Waals surface area contributed by atoms with Gasteiger partial charge in [0, 0.05) is 19.0 Å². The van der Waals surface area contributed by atoms with Gasteiger partial charge in [0.25, 0.3) is 0 Å². The average molecular weight is 210 g/mol. The van der Waals surface area contributed by atoms with Gasteiger partial charge < -0.3 is 10.2 Å². The molecule has 1 N–H and O–H groups in total. The molecule has 2 rings (SSSR count). The third kappa shape index (κ3) is 2.51. The topological polar surface area (TPSA) is 32.3 Å². The Kier molecular flexibility index (Phi) is 3.01. The van der Waals surface area contributed by atoms with Crippen molar-refractivity contribution < 1.29 is 4.79 Å². The van der Waals surface area contributed by atoms with Gasteiger partial charge in [-0.3, -0.25) is 4.79 Å². The molecule has 0 unspecified atom stereocenters. The number of carbonyl (C=O) groups excluding carboxylic acids is 1. The lowest BCUT2D eigenvalue weighted by atomic mass is 9.81. The van der Waals surface area contributed by atoms with Crippen LogP contribution in [0.5, 0.6) is 0 Å². The number of piperidine rings is 2. The summed E-state index contributed by atoms with van der Waals surface area (Å²) in [6, 6.07) is 0.509. The summed E-state index contributed by atoms with van der Waals surface area (Å²) in [4.78, 5) is 14.1. The van der Waals surface area contributed by atoms with E-state index in [4.69, 9.17) is 0 Å². The molecular formula is C12H22N2O. The molecule has 2 aliphatic rings. The minimum absolute atomic E-state index is 0.223. The molecule has 3 heteroatoms. The van der Waals surface area contributed by atoms with Gasteiger partial charge in [-0.2, -0.15) is 0 Å². The molecule has 0 aromatic rings. The summed E-state index contributed by atoms with van der Waals surface area (Å²) in [6.07, 6.45) is 4.15. The predicted molar refractivity (Wildman–Crippen MR) is 60.6 cm³/mol. The molecule has 2 saturated heterocycles. The summed E-state index contributed by atoms with van der Waals surface area (Å²) >= 11 is 0. The van der Waals surface area contributed by atoms with Crippen molar-refractivity contribution in [1.82, 2.24) is 10.2 Å². The van der Waals surface area contributed by atoms with E-state index >= 15 is 0 Å². The highest BCUT2D eigenvalue weighted by atomic mass is 16.2. The fourth-order valence-corrected chi connectivity index (χ4v) is 2.65. The van der Waals surface area contributed by atoms with Crippen molar-refractivity contribution in [2.75, 3.05) is 19.6 Å². The largest absolute Gasteiger partial charge is 0.340 e. The number of amides is 1. The summed E-state index contributed by atoms with van der Waals surface area (Å²) in [5, 5.41) is 3.35. The molecule has 0 aromatic heterocycles. The first-order chi connectivity index (χ1) is 7.08. The highest BCUT2D eigenvalue weighted by Crippen LogP contribution is 2.32. The molecule has 2 heterocycles. The van der Waals surface area contributed by atoms with Crippen LogP contribution >= 0.6 is 0 Å². The average Bonchev–Trinajstić information content (AvgIpc) is 2.17. The van der Waals surface area contributed by atoms with E-state index < -0.39 is 0 Å². The second-order valence-corrected chi connectivity index (χ2v) is 5.66. The molecule has 0 saturated carbocycles. The van der Waals surface area contributed by atoms with E-state index in [2.05, 4.69) is 24.1 Å². The normalized spacial score (nSPS) is 28.1. The van der Waals surface area contributed by atoms with Crippen LogP contribution in [0.15, 0.2) is 0 Å². The van der Waals surface area contributed by atoms with Crippen LogP contribution in [0.1, 0.15) is 39.5 Å². The van der Waals surface area contributed by atoms with Crippen LogP contribution in [0, 0.1) is 5.41 Å². The molecule has 0 atom stereocenters. The lowest BCUT2D eigenvalue weighted by Gasteiger charge is -2.42. The van der Waals surface area contributed by atoms with Gasteiger partial charge in [0.1, 0.15) is 0 Å². The molecule has 0 radical (unpaired) electrons. The maximum Gasteiger partial charge on any atom is 0.223 e. The van der Waals surface area contributed by atoms with Crippen molar-refractivity contribution in [3.8, 4) is 0 Å². The summed E-state index contributed by atoms with van der Waals surface area (Å²) in [6.45, 7) is 7.50. The van der Waals surface area contributed by atoms with Gasteiger partial charge in [-0.1, -0.05) is 13.8 Å². The Morgan fingerprint density at radius 3 is 2.60 bits per heavy atom. The second-order valence-electron chi connectivity index (χ2n) is 5.66. The Morgan fingerprint density at radius 1 is 1.33 bits per heavy atom. The van der Waals surface area contributed by atoms with Crippen molar-refractivity contribution in [1.29, 1.82) is 0 Å². The zero-order chi connectivity index (χ0) is 10.9. The van der Waals surface area contributed by atoms with Crippen molar-refractivity contribution in [3.05, 3.63) is 0 Å². The van der Waals surface area contributed by atoms with Crippen LogP contribution in [0.3, 0.4) is 0 Å². The third-order valence-electron chi connectivity index (χ3n) is 3.73. The first-order valence-corrected chi connectivity index (χ1v) is 6.09. The van der Waals surface area contributed by atoms with Crippen LogP contribution in [0.25, 0.3) is 0 Å². The van der Waals surface area contributed by atoms with Gasteiger partial charge >= 0.3 is 0 Å². The van der Waals surface area contributed by atoms with E-state index in [-0.39, 0.29) is 5.41 Å².